The van der Waals surface area contributed by atoms with Gasteiger partial charge in [-0.1, -0.05) is 19.1 Å². The van der Waals surface area contributed by atoms with Crippen molar-refractivity contribution in [2.45, 2.75) is 58.4 Å². The second-order valence-electron chi connectivity index (χ2n) is 9.26. The van der Waals surface area contributed by atoms with Crippen molar-refractivity contribution in [3.8, 4) is 0 Å². The lowest BCUT2D eigenvalue weighted by atomic mass is 9.92. The van der Waals surface area contributed by atoms with Gasteiger partial charge in [-0.15, -0.1) is 24.8 Å². The number of nitro groups is 1. The van der Waals surface area contributed by atoms with Crippen LogP contribution >= 0.6 is 24.8 Å². The normalized spacial score (nSPS) is 18.3. The van der Waals surface area contributed by atoms with Gasteiger partial charge in [-0.05, 0) is 76.6 Å². The first-order valence-corrected chi connectivity index (χ1v) is 11.9. The number of hydrogen-bond acceptors (Lipinski definition) is 5. The first-order chi connectivity index (χ1) is 15.0. The summed E-state index contributed by atoms with van der Waals surface area (Å²) in [6.07, 6.45) is 6.12. The Morgan fingerprint density at radius 1 is 1.15 bits per heavy atom. The molecule has 9 heteroatoms. The van der Waals surface area contributed by atoms with Gasteiger partial charge in [-0.3, -0.25) is 14.9 Å². The average Bonchev–Trinajstić information content (AvgIpc) is 2.79. The quantitative estimate of drug-likeness (QED) is 0.401. The molecule has 7 nitrogen and oxygen atoms in total. The van der Waals surface area contributed by atoms with E-state index in [1.54, 1.807) is 12.1 Å². The van der Waals surface area contributed by atoms with Crippen LogP contribution in [-0.4, -0.2) is 65.9 Å². The molecule has 33 heavy (non-hydrogen) atoms. The van der Waals surface area contributed by atoms with Crippen LogP contribution in [0.5, 0.6) is 0 Å². The van der Waals surface area contributed by atoms with Crippen molar-refractivity contribution in [2.75, 3.05) is 39.3 Å². The van der Waals surface area contributed by atoms with Crippen LogP contribution < -0.4 is 5.32 Å². The Kier molecular flexibility index (Phi) is 13.3. The molecule has 1 atom stereocenters. The molecule has 1 amide bonds. The number of non-ortho nitro benzene ring substituents is 1. The van der Waals surface area contributed by atoms with Crippen LogP contribution in [0.1, 0.15) is 51.5 Å². The van der Waals surface area contributed by atoms with Gasteiger partial charge in [-0.2, -0.15) is 0 Å². The van der Waals surface area contributed by atoms with Gasteiger partial charge in [0.15, 0.2) is 0 Å². The first kappa shape index (κ1) is 29.6. The molecule has 0 bridgehead atoms. The fourth-order valence-corrected chi connectivity index (χ4v) is 5.00. The largest absolute Gasteiger partial charge is 0.342 e. The molecular weight excluding hydrogens is 463 g/mol. The zero-order valence-corrected chi connectivity index (χ0v) is 21.5. The maximum Gasteiger partial charge on any atom is 0.269 e. The number of nitrogens with zero attached hydrogens (tertiary/aromatic N) is 3. The second kappa shape index (κ2) is 14.8. The van der Waals surface area contributed by atoms with Crippen molar-refractivity contribution in [2.24, 2.45) is 11.8 Å². The minimum Gasteiger partial charge on any atom is -0.342 e. The van der Waals surface area contributed by atoms with E-state index in [9.17, 15) is 14.9 Å². The number of piperidine rings is 2. The summed E-state index contributed by atoms with van der Waals surface area (Å²) in [4.78, 5) is 28.0. The van der Waals surface area contributed by atoms with Crippen LogP contribution in [0.3, 0.4) is 0 Å². The summed E-state index contributed by atoms with van der Waals surface area (Å²) in [5.41, 5.74) is 1.29. The molecule has 188 valence electrons. The molecule has 1 N–H and O–H groups in total. The van der Waals surface area contributed by atoms with Crippen LogP contribution in [0.25, 0.3) is 0 Å². The lowest BCUT2D eigenvalue weighted by Crippen LogP contribution is -2.47. The molecule has 2 aliphatic rings. The van der Waals surface area contributed by atoms with Crippen molar-refractivity contribution in [1.29, 1.82) is 0 Å². The average molecular weight is 504 g/mol. The number of nitro benzene ring substituents is 1. The summed E-state index contributed by atoms with van der Waals surface area (Å²) in [5, 5.41) is 14.2. The van der Waals surface area contributed by atoms with E-state index in [4.69, 9.17) is 0 Å². The maximum absolute atomic E-state index is 12.8. The highest BCUT2D eigenvalue weighted by atomic mass is 35.5. The summed E-state index contributed by atoms with van der Waals surface area (Å²) < 4.78 is 0. The Morgan fingerprint density at radius 2 is 1.76 bits per heavy atom. The van der Waals surface area contributed by atoms with E-state index >= 15 is 0 Å². The Balaban J connectivity index is 0.00000272. The molecule has 2 saturated heterocycles. The van der Waals surface area contributed by atoms with Gasteiger partial charge in [0.25, 0.3) is 5.69 Å². The summed E-state index contributed by atoms with van der Waals surface area (Å²) in [6, 6.07) is 7.34. The lowest BCUT2D eigenvalue weighted by Gasteiger charge is -2.38. The summed E-state index contributed by atoms with van der Waals surface area (Å²) >= 11 is 0. The van der Waals surface area contributed by atoms with Crippen molar-refractivity contribution >= 4 is 36.4 Å². The number of nitrogens with one attached hydrogen (secondary N) is 1. The number of likely N-dealkylation sites (tertiary alicyclic amines) is 1. The molecule has 0 aliphatic carbocycles. The van der Waals surface area contributed by atoms with E-state index in [1.807, 2.05) is 12.1 Å². The smallest absolute Gasteiger partial charge is 0.269 e. The number of amides is 1. The topological polar surface area (TPSA) is 78.7 Å². The predicted octanol–water partition coefficient (Wildman–Crippen LogP) is 4.32. The van der Waals surface area contributed by atoms with Gasteiger partial charge in [0.05, 0.1) is 4.92 Å². The molecule has 0 aromatic heterocycles. The number of benzene rings is 1. The Hall–Kier alpha value is -1.41. The van der Waals surface area contributed by atoms with Gasteiger partial charge < -0.3 is 15.1 Å². The fourth-order valence-electron chi connectivity index (χ4n) is 5.00. The zero-order chi connectivity index (χ0) is 22.2. The first-order valence-electron chi connectivity index (χ1n) is 11.9. The highest BCUT2D eigenvalue weighted by Gasteiger charge is 2.30. The molecule has 1 aromatic rings. The van der Waals surface area contributed by atoms with Crippen LogP contribution in [0.2, 0.25) is 0 Å². The summed E-state index contributed by atoms with van der Waals surface area (Å²) in [5.74, 6) is 1.22. The van der Waals surface area contributed by atoms with E-state index in [-0.39, 0.29) is 41.3 Å². The number of carbonyl (C=O) groups is 1. The Morgan fingerprint density at radius 3 is 2.30 bits per heavy atom. The van der Waals surface area contributed by atoms with Crippen LogP contribution in [-0.2, 0) is 11.2 Å². The summed E-state index contributed by atoms with van der Waals surface area (Å²) in [7, 11) is 0. The van der Waals surface area contributed by atoms with Crippen LogP contribution in [0.15, 0.2) is 24.3 Å². The number of carbonyl (C=O) groups excluding carboxylic acids is 1. The van der Waals surface area contributed by atoms with Gasteiger partial charge in [0, 0.05) is 43.7 Å². The number of hydrogen-bond donors (Lipinski definition) is 1. The predicted molar refractivity (Wildman–Crippen MR) is 138 cm³/mol. The molecule has 2 aliphatic heterocycles. The van der Waals surface area contributed by atoms with Gasteiger partial charge in [0.2, 0.25) is 5.91 Å². The van der Waals surface area contributed by atoms with Gasteiger partial charge >= 0.3 is 0 Å². The van der Waals surface area contributed by atoms with E-state index in [0.717, 1.165) is 83.4 Å². The van der Waals surface area contributed by atoms with Crippen molar-refractivity contribution in [3.63, 3.8) is 0 Å². The van der Waals surface area contributed by atoms with Crippen LogP contribution in [0, 0.1) is 22.0 Å². The standard InChI is InChI=1S/C24H38N4O3.2ClH/c1-3-14-27(19(2)17-20-4-6-23(7-5-20)28(30)31)18-21-10-15-26(16-11-21)24(29)22-8-12-25-13-9-22;;/h4-7,19,21-22,25H,3,8-18H2,1-2H3;2*1H. The molecule has 2 fully saturated rings. The SMILES string of the molecule is CCCN(CC1CCN(C(=O)C2CCNCC2)CC1)C(C)Cc1ccc([N+](=O)[O-])cc1.Cl.Cl. The Labute approximate surface area is 210 Å². The minimum atomic E-state index is -0.348. The lowest BCUT2D eigenvalue weighted by molar-refractivity contribution is -0.384. The third-order valence-corrected chi connectivity index (χ3v) is 6.92. The Bertz CT molecular complexity index is 721. The highest BCUT2D eigenvalue weighted by molar-refractivity contribution is 5.85. The third kappa shape index (κ3) is 8.71. The highest BCUT2D eigenvalue weighted by Crippen LogP contribution is 2.24. The van der Waals surface area contributed by atoms with Crippen LogP contribution in [0.4, 0.5) is 5.69 Å². The molecule has 0 radical (unpaired) electrons. The molecule has 2 heterocycles. The molecule has 0 saturated carbocycles. The fraction of sp³-hybridized carbons (Fsp3) is 0.708. The second-order valence-corrected chi connectivity index (χ2v) is 9.26. The van der Waals surface area contributed by atoms with E-state index < -0.39 is 0 Å². The maximum atomic E-state index is 12.8. The van der Waals surface area contributed by atoms with E-state index in [0.29, 0.717) is 17.9 Å². The molecule has 1 unspecified atom stereocenters. The molecular formula is C24H40Cl2N4O3. The number of rotatable bonds is 9. The van der Waals surface area contributed by atoms with Crippen molar-refractivity contribution < 1.29 is 9.72 Å². The monoisotopic (exact) mass is 502 g/mol. The zero-order valence-electron chi connectivity index (χ0n) is 19.9. The van der Waals surface area contributed by atoms with E-state index in [2.05, 4.69) is 29.0 Å². The van der Waals surface area contributed by atoms with E-state index in [1.165, 1.54) is 0 Å². The van der Waals surface area contributed by atoms with Gasteiger partial charge in [0.1, 0.15) is 0 Å². The number of halogens is 2. The van der Waals surface area contributed by atoms with Gasteiger partial charge in [-0.25, -0.2) is 0 Å². The minimum absolute atomic E-state index is 0. The molecule has 0 spiro atoms. The molecule has 1 aromatic carbocycles. The summed E-state index contributed by atoms with van der Waals surface area (Å²) in [6.45, 7) is 10.3. The third-order valence-electron chi connectivity index (χ3n) is 6.92. The van der Waals surface area contributed by atoms with Crippen molar-refractivity contribution in [1.82, 2.24) is 15.1 Å². The van der Waals surface area contributed by atoms with Crippen molar-refractivity contribution in [3.05, 3.63) is 39.9 Å². The molecule has 3 rings (SSSR count).